The van der Waals surface area contributed by atoms with Gasteiger partial charge in [0.2, 0.25) is 0 Å². The summed E-state index contributed by atoms with van der Waals surface area (Å²) in [6.45, 7) is 0. The van der Waals surface area contributed by atoms with E-state index in [4.69, 9.17) is 10.8 Å². The number of nitrogens with two attached hydrogens (primary N) is 1. The van der Waals surface area contributed by atoms with E-state index in [1.165, 1.54) is 6.20 Å². The lowest BCUT2D eigenvalue weighted by molar-refractivity contribution is -0.136. The van der Waals surface area contributed by atoms with Crippen LogP contribution in [0.2, 0.25) is 0 Å². The standard InChI is InChI=1S/C7H7FN2O2/c8-4-1-2-10-5(7(4)9)3-6(11)12/h1-2H,3,9H2,(H,11,12). The molecule has 5 heteroatoms. The maximum absolute atomic E-state index is 12.7. The second kappa shape index (κ2) is 3.17. The van der Waals surface area contributed by atoms with Gasteiger partial charge in [-0.25, -0.2) is 4.39 Å². The van der Waals surface area contributed by atoms with E-state index in [0.29, 0.717) is 0 Å². The van der Waals surface area contributed by atoms with E-state index in [9.17, 15) is 9.18 Å². The number of halogens is 1. The largest absolute Gasteiger partial charge is 0.481 e. The van der Waals surface area contributed by atoms with Crippen molar-refractivity contribution in [1.82, 2.24) is 4.98 Å². The van der Waals surface area contributed by atoms with Gasteiger partial charge in [0, 0.05) is 6.20 Å². The van der Waals surface area contributed by atoms with Crippen molar-refractivity contribution >= 4 is 11.7 Å². The van der Waals surface area contributed by atoms with Gasteiger partial charge in [-0.3, -0.25) is 9.78 Å². The van der Waals surface area contributed by atoms with Crippen molar-refractivity contribution in [3.8, 4) is 0 Å². The van der Waals surface area contributed by atoms with Crippen LogP contribution in [0.4, 0.5) is 10.1 Å². The second-order valence-corrected chi connectivity index (χ2v) is 2.22. The van der Waals surface area contributed by atoms with E-state index in [1.54, 1.807) is 0 Å². The Labute approximate surface area is 67.8 Å². The summed E-state index contributed by atoms with van der Waals surface area (Å²) in [5, 5.41) is 8.36. The Hall–Kier alpha value is -1.65. The molecule has 64 valence electrons. The Balaban J connectivity index is 3.00. The first kappa shape index (κ1) is 8.45. The van der Waals surface area contributed by atoms with E-state index in [-0.39, 0.29) is 17.8 Å². The zero-order chi connectivity index (χ0) is 9.14. The van der Waals surface area contributed by atoms with Gasteiger partial charge in [0.1, 0.15) is 5.82 Å². The molecular formula is C7H7FN2O2. The van der Waals surface area contributed by atoms with Gasteiger partial charge in [0.15, 0.2) is 0 Å². The zero-order valence-electron chi connectivity index (χ0n) is 6.12. The number of anilines is 1. The molecule has 0 atom stereocenters. The highest BCUT2D eigenvalue weighted by Crippen LogP contribution is 2.12. The number of aromatic nitrogens is 1. The Kier molecular flexibility index (Phi) is 2.23. The minimum Gasteiger partial charge on any atom is -0.481 e. The van der Waals surface area contributed by atoms with E-state index in [2.05, 4.69) is 4.98 Å². The fourth-order valence-electron chi connectivity index (χ4n) is 0.774. The van der Waals surface area contributed by atoms with E-state index in [0.717, 1.165) is 6.07 Å². The van der Waals surface area contributed by atoms with Crippen LogP contribution in [0.25, 0.3) is 0 Å². The smallest absolute Gasteiger partial charge is 0.309 e. The highest BCUT2D eigenvalue weighted by atomic mass is 19.1. The van der Waals surface area contributed by atoms with Crippen LogP contribution < -0.4 is 5.73 Å². The first-order valence-corrected chi connectivity index (χ1v) is 3.22. The van der Waals surface area contributed by atoms with Gasteiger partial charge >= 0.3 is 5.97 Å². The molecule has 1 aromatic heterocycles. The van der Waals surface area contributed by atoms with Gasteiger partial charge in [-0.1, -0.05) is 0 Å². The van der Waals surface area contributed by atoms with Crippen molar-refractivity contribution in [2.24, 2.45) is 0 Å². The summed E-state index contributed by atoms with van der Waals surface area (Å²) in [5.41, 5.74) is 5.09. The predicted octanol–water partition coefficient (Wildman–Crippen LogP) is 0.430. The molecule has 0 unspecified atom stereocenters. The van der Waals surface area contributed by atoms with Gasteiger partial charge in [0.25, 0.3) is 0 Å². The van der Waals surface area contributed by atoms with E-state index in [1.807, 2.05) is 0 Å². The van der Waals surface area contributed by atoms with Crippen molar-refractivity contribution in [2.45, 2.75) is 6.42 Å². The average Bonchev–Trinajstić information content (AvgIpc) is 1.98. The number of carbonyl (C=O) groups is 1. The molecule has 12 heavy (non-hydrogen) atoms. The van der Waals surface area contributed by atoms with Crippen molar-refractivity contribution < 1.29 is 14.3 Å². The van der Waals surface area contributed by atoms with Gasteiger partial charge in [-0.15, -0.1) is 0 Å². The Morgan fingerprint density at radius 1 is 1.75 bits per heavy atom. The monoisotopic (exact) mass is 170 g/mol. The number of pyridine rings is 1. The molecule has 0 bridgehead atoms. The number of carboxylic acid groups (broad SMARTS) is 1. The van der Waals surface area contributed by atoms with Crippen LogP contribution in [-0.2, 0) is 11.2 Å². The Morgan fingerprint density at radius 2 is 2.42 bits per heavy atom. The SMILES string of the molecule is Nc1c(F)ccnc1CC(=O)O. The molecule has 1 rings (SSSR count). The third kappa shape index (κ3) is 1.69. The first-order valence-electron chi connectivity index (χ1n) is 3.22. The van der Waals surface area contributed by atoms with E-state index >= 15 is 0 Å². The van der Waals surface area contributed by atoms with Crippen LogP contribution in [0.15, 0.2) is 12.3 Å². The summed E-state index contributed by atoms with van der Waals surface area (Å²) in [4.78, 5) is 13.8. The minimum absolute atomic E-state index is 0.0579. The molecule has 4 nitrogen and oxygen atoms in total. The molecule has 1 aromatic rings. The third-order valence-corrected chi connectivity index (χ3v) is 1.34. The normalized spacial score (nSPS) is 9.75. The molecule has 0 amide bonds. The number of hydrogen-bond acceptors (Lipinski definition) is 3. The summed E-state index contributed by atoms with van der Waals surface area (Å²) in [6.07, 6.45) is 0.827. The van der Waals surface area contributed by atoms with E-state index < -0.39 is 11.8 Å². The maximum Gasteiger partial charge on any atom is 0.309 e. The van der Waals surface area contributed by atoms with Gasteiger partial charge < -0.3 is 10.8 Å². The molecule has 1 heterocycles. The molecule has 0 saturated heterocycles. The number of aliphatic carboxylic acids is 1. The summed E-state index contributed by atoms with van der Waals surface area (Å²) in [6, 6.07) is 1.08. The summed E-state index contributed by atoms with van der Waals surface area (Å²) in [5.74, 6) is -1.72. The lowest BCUT2D eigenvalue weighted by Gasteiger charge is -2.01. The molecule has 3 N–H and O–H groups in total. The van der Waals surface area contributed by atoms with Crippen LogP contribution in [0.5, 0.6) is 0 Å². The molecule has 0 spiro atoms. The molecule has 0 aliphatic carbocycles. The van der Waals surface area contributed by atoms with Crippen molar-refractivity contribution in [3.05, 3.63) is 23.8 Å². The van der Waals surface area contributed by atoms with Crippen LogP contribution in [-0.4, -0.2) is 16.1 Å². The maximum atomic E-state index is 12.7. The summed E-state index contributed by atoms with van der Waals surface area (Å²) < 4.78 is 12.7. The topological polar surface area (TPSA) is 76.2 Å². The Morgan fingerprint density at radius 3 is 3.00 bits per heavy atom. The molecule has 0 aliphatic rings. The highest BCUT2D eigenvalue weighted by molar-refractivity contribution is 5.71. The quantitative estimate of drug-likeness (QED) is 0.674. The summed E-state index contributed by atoms with van der Waals surface area (Å²) in [7, 11) is 0. The van der Waals surface area contributed by atoms with Crippen molar-refractivity contribution in [1.29, 1.82) is 0 Å². The zero-order valence-corrected chi connectivity index (χ0v) is 6.12. The Bertz CT molecular complexity index is 314. The third-order valence-electron chi connectivity index (χ3n) is 1.34. The first-order chi connectivity index (χ1) is 5.61. The minimum atomic E-state index is -1.08. The number of hydrogen-bond donors (Lipinski definition) is 2. The summed E-state index contributed by atoms with van der Waals surface area (Å²) >= 11 is 0. The molecule has 0 aromatic carbocycles. The number of carboxylic acids is 1. The molecular weight excluding hydrogens is 163 g/mol. The van der Waals surface area contributed by atoms with Crippen LogP contribution in [0, 0.1) is 5.82 Å². The van der Waals surface area contributed by atoms with Crippen molar-refractivity contribution in [3.63, 3.8) is 0 Å². The van der Waals surface area contributed by atoms with Gasteiger partial charge in [-0.05, 0) is 6.07 Å². The lowest BCUT2D eigenvalue weighted by atomic mass is 10.2. The fraction of sp³-hybridized carbons (Fsp3) is 0.143. The van der Waals surface area contributed by atoms with Crippen molar-refractivity contribution in [2.75, 3.05) is 5.73 Å². The average molecular weight is 170 g/mol. The fourth-order valence-corrected chi connectivity index (χ4v) is 0.774. The lowest BCUT2D eigenvalue weighted by Crippen LogP contribution is -2.07. The molecule has 0 saturated carbocycles. The van der Waals surface area contributed by atoms with Gasteiger partial charge in [0.05, 0.1) is 17.8 Å². The number of nitrogen functional groups attached to an aromatic ring is 1. The van der Waals surface area contributed by atoms with Gasteiger partial charge in [-0.2, -0.15) is 0 Å². The highest BCUT2D eigenvalue weighted by Gasteiger charge is 2.08. The van der Waals surface area contributed by atoms with Crippen LogP contribution in [0.1, 0.15) is 5.69 Å². The molecule has 0 fully saturated rings. The van der Waals surface area contributed by atoms with Crippen LogP contribution >= 0.6 is 0 Å². The van der Waals surface area contributed by atoms with Crippen LogP contribution in [0.3, 0.4) is 0 Å². The second-order valence-electron chi connectivity index (χ2n) is 2.22. The predicted molar refractivity (Wildman–Crippen MR) is 39.9 cm³/mol. The molecule has 0 aliphatic heterocycles. The number of nitrogens with zero attached hydrogens (tertiary/aromatic N) is 1. The number of rotatable bonds is 2. The molecule has 0 radical (unpaired) electrons.